The molecule has 5 atom stereocenters. The summed E-state index contributed by atoms with van der Waals surface area (Å²) in [6, 6.07) is 0. The Morgan fingerprint density at radius 2 is 2.06 bits per heavy atom. The molecule has 0 aliphatic heterocycles. The van der Waals surface area contributed by atoms with Gasteiger partial charge in [0.1, 0.15) is 11.9 Å². The van der Waals surface area contributed by atoms with Gasteiger partial charge in [-0.3, -0.25) is 9.59 Å². The van der Waals surface area contributed by atoms with Gasteiger partial charge in [-0.25, -0.2) is 0 Å². The molecule has 17 heavy (non-hydrogen) atoms. The predicted molar refractivity (Wildman–Crippen MR) is 69.9 cm³/mol. The molecule has 0 aromatic carbocycles. The number of fused-ring (bicyclic) bond motifs is 1. The molecule has 2 aliphatic rings. The molecule has 0 aromatic heterocycles. The minimum Gasteiger partial charge on any atom is -0.461 e. The van der Waals surface area contributed by atoms with Crippen molar-refractivity contribution < 1.29 is 19.1 Å². The maximum atomic E-state index is 11.5. The maximum Gasteiger partial charge on any atom is 0.302 e. The van der Waals surface area contributed by atoms with Crippen LogP contribution >= 0.6 is 22.6 Å². The van der Waals surface area contributed by atoms with Crippen LogP contribution in [0.15, 0.2) is 0 Å². The number of rotatable bonds is 3. The highest BCUT2D eigenvalue weighted by atomic mass is 127. The van der Waals surface area contributed by atoms with Gasteiger partial charge in [0.15, 0.2) is 0 Å². The summed E-state index contributed by atoms with van der Waals surface area (Å²) in [5.74, 6) is 0.941. The summed E-state index contributed by atoms with van der Waals surface area (Å²) >= 11 is 2.32. The van der Waals surface area contributed by atoms with Crippen LogP contribution in [0.2, 0.25) is 0 Å². The minimum absolute atomic E-state index is 0.101. The number of hydrogen-bond donors (Lipinski definition) is 0. The second-order valence-electron chi connectivity index (χ2n) is 4.91. The molecule has 2 saturated carbocycles. The van der Waals surface area contributed by atoms with E-state index in [1.165, 1.54) is 6.92 Å². The standard InChI is InChI=1S/C12H17IO4/c1-6(14)17-12-10(5-16-2)8-3-7(15)4-9(8)11(12)13/h8-12H,3-5H2,1-2H3/t8-,9+,10+,11-,12-/m0/s1. The first-order chi connectivity index (χ1) is 8.04. The van der Waals surface area contributed by atoms with Crippen molar-refractivity contribution in [2.24, 2.45) is 17.8 Å². The monoisotopic (exact) mass is 352 g/mol. The number of ether oxygens (including phenoxy) is 2. The highest BCUT2D eigenvalue weighted by Crippen LogP contribution is 2.50. The Labute approximate surface area is 115 Å². The SMILES string of the molecule is COC[C@@H]1[C@H]2CC(=O)C[C@H]2[C@H](I)[C@H]1OC(C)=O. The summed E-state index contributed by atoms with van der Waals surface area (Å²) in [5, 5.41) is 0. The fourth-order valence-electron chi connectivity index (χ4n) is 3.21. The Hall–Kier alpha value is -0.170. The minimum atomic E-state index is -0.246. The highest BCUT2D eigenvalue weighted by molar-refractivity contribution is 14.1. The molecule has 0 N–H and O–H groups in total. The second kappa shape index (κ2) is 5.22. The molecule has 0 heterocycles. The molecule has 0 bridgehead atoms. The van der Waals surface area contributed by atoms with Gasteiger partial charge in [0.25, 0.3) is 0 Å². The lowest BCUT2D eigenvalue weighted by molar-refractivity contribution is -0.148. The molecule has 2 aliphatic carbocycles. The molecule has 96 valence electrons. The first-order valence-electron chi connectivity index (χ1n) is 5.86. The smallest absolute Gasteiger partial charge is 0.302 e. The van der Waals surface area contributed by atoms with Crippen LogP contribution in [0.5, 0.6) is 0 Å². The average molecular weight is 352 g/mol. The molecule has 4 nitrogen and oxygen atoms in total. The molecular weight excluding hydrogens is 335 g/mol. The maximum absolute atomic E-state index is 11.5. The van der Waals surface area contributed by atoms with Gasteiger partial charge in [-0.15, -0.1) is 0 Å². The third-order valence-electron chi connectivity index (χ3n) is 3.83. The number of halogens is 1. The van der Waals surface area contributed by atoms with Crippen LogP contribution in [0.4, 0.5) is 0 Å². The molecule has 0 unspecified atom stereocenters. The van der Waals surface area contributed by atoms with Crippen molar-refractivity contribution in [3.63, 3.8) is 0 Å². The summed E-state index contributed by atoms with van der Waals surface area (Å²) < 4.78 is 10.9. The molecular formula is C12H17IO4. The quantitative estimate of drug-likeness (QED) is 0.440. The summed E-state index contributed by atoms with van der Waals surface area (Å²) in [6.07, 6.45) is 1.16. The van der Waals surface area contributed by atoms with E-state index in [4.69, 9.17) is 9.47 Å². The fraction of sp³-hybridized carbons (Fsp3) is 0.833. The Bertz CT molecular complexity index is 330. The van der Waals surface area contributed by atoms with E-state index >= 15 is 0 Å². The van der Waals surface area contributed by atoms with E-state index in [0.717, 1.165) is 0 Å². The zero-order valence-electron chi connectivity index (χ0n) is 10.0. The van der Waals surface area contributed by atoms with Crippen LogP contribution < -0.4 is 0 Å². The lowest BCUT2D eigenvalue weighted by atomic mass is 9.92. The zero-order valence-corrected chi connectivity index (χ0v) is 12.2. The van der Waals surface area contributed by atoms with Gasteiger partial charge < -0.3 is 9.47 Å². The zero-order chi connectivity index (χ0) is 12.6. The van der Waals surface area contributed by atoms with Crippen molar-refractivity contribution in [2.75, 3.05) is 13.7 Å². The van der Waals surface area contributed by atoms with Crippen molar-refractivity contribution in [2.45, 2.75) is 29.8 Å². The predicted octanol–water partition coefficient (Wildman–Crippen LogP) is 1.59. The molecule has 2 rings (SSSR count). The number of carbonyl (C=O) groups is 2. The van der Waals surface area contributed by atoms with Crippen LogP contribution in [0, 0.1) is 17.8 Å². The van der Waals surface area contributed by atoms with Crippen molar-refractivity contribution in [1.82, 2.24) is 0 Å². The molecule has 0 spiro atoms. The van der Waals surface area contributed by atoms with Crippen molar-refractivity contribution in [3.05, 3.63) is 0 Å². The topological polar surface area (TPSA) is 52.6 Å². The van der Waals surface area contributed by atoms with Gasteiger partial charge in [0.05, 0.1) is 10.5 Å². The van der Waals surface area contributed by atoms with E-state index in [1.54, 1.807) is 7.11 Å². The molecule has 0 aromatic rings. The molecule has 0 saturated heterocycles. The second-order valence-corrected chi connectivity index (χ2v) is 6.35. The van der Waals surface area contributed by atoms with Crippen molar-refractivity contribution in [3.8, 4) is 0 Å². The van der Waals surface area contributed by atoms with Crippen LogP contribution in [0.1, 0.15) is 19.8 Å². The number of alkyl halides is 1. The normalized spacial score (nSPS) is 40.4. The van der Waals surface area contributed by atoms with E-state index < -0.39 is 0 Å². The number of Topliss-reactive ketones (excluding diaryl/α,β-unsaturated/α-hetero) is 1. The van der Waals surface area contributed by atoms with Crippen LogP contribution in [-0.4, -0.2) is 35.5 Å². The van der Waals surface area contributed by atoms with Gasteiger partial charge >= 0.3 is 5.97 Å². The Balaban J connectivity index is 2.16. The lowest BCUT2D eigenvalue weighted by Crippen LogP contribution is -2.32. The largest absolute Gasteiger partial charge is 0.461 e. The van der Waals surface area contributed by atoms with E-state index in [0.29, 0.717) is 37.1 Å². The third-order valence-corrected chi connectivity index (χ3v) is 5.47. The van der Waals surface area contributed by atoms with E-state index in [1.807, 2.05) is 0 Å². The summed E-state index contributed by atoms with van der Waals surface area (Å²) in [5.41, 5.74) is 0. The average Bonchev–Trinajstić information content (AvgIpc) is 2.71. The fourth-order valence-corrected chi connectivity index (χ4v) is 4.68. The Morgan fingerprint density at radius 3 is 2.65 bits per heavy atom. The first kappa shape index (κ1) is 13.3. The lowest BCUT2D eigenvalue weighted by Gasteiger charge is -2.24. The Kier molecular flexibility index (Phi) is 4.07. The van der Waals surface area contributed by atoms with Crippen molar-refractivity contribution >= 4 is 34.3 Å². The Morgan fingerprint density at radius 1 is 1.41 bits per heavy atom. The molecule has 0 amide bonds. The van der Waals surface area contributed by atoms with E-state index in [-0.39, 0.29) is 21.9 Å². The molecule has 2 fully saturated rings. The van der Waals surface area contributed by atoms with Gasteiger partial charge in [-0.05, 0) is 11.8 Å². The van der Waals surface area contributed by atoms with E-state index in [9.17, 15) is 9.59 Å². The number of hydrogen-bond acceptors (Lipinski definition) is 4. The number of carbonyl (C=O) groups excluding carboxylic acids is 2. The number of ketones is 1. The van der Waals surface area contributed by atoms with Gasteiger partial charge in [-0.1, -0.05) is 22.6 Å². The number of esters is 1. The van der Waals surface area contributed by atoms with E-state index in [2.05, 4.69) is 22.6 Å². The highest BCUT2D eigenvalue weighted by Gasteiger charge is 2.54. The first-order valence-corrected chi connectivity index (χ1v) is 7.11. The van der Waals surface area contributed by atoms with Crippen molar-refractivity contribution in [1.29, 1.82) is 0 Å². The summed E-state index contributed by atoms with van der Waals surface area (Å²) in [7, 11) is 1.65. The van der Waals surface area contributed by atoms with Crippen LogP contribution in [0.25, 0.3) is 0 Å². The molecule has 0 radical (unpaired) electrons. The third kappa shape index (κ3) is 2.50. The van der Waals surface area contributed by atoms with Gasteiger partial charge in [0.2, 0.25) is 0 Å². The van der Waals surface area contributed by atoms with Gasteiger partial charge in [-0.2, -0.15) is 0 Å². The van der Waals surface area contributed by atoms with Crippen LogP contribution in [0.3, 0.4) is 0 Å². The summed E-state index contributed by atoms with van der Waals surface area (Å²) in [4.78, 5) is 22.7. The molecule has 5 heteroatoms. The van der Waals surface area contributed by atoms with Gasteiger partial charge in [0, 0.05) is 32.8 Å². The number of methoxy groups -OCH3 is 1. The summed E-state index contributed by atoms with van der Waals surface area (Å²) in [6.45, 7) is 2.00. The van der Waals surface area contributed by atoms with Crippen LogP contribution in [-0.2, 0) is 19.1 Å².